The predicted octanol–water partition coefficient (Wildman–Crippen LogP) is 2.64. The molecular weight excluding hydrogens is 316 g/mol. The fourth-order valence-corrected chi connectivity index (χ4v) is 2.28. The van der Waals surface area contributed by atoms with E-state index in [-0.39, 0.29) is 18.3 Å². The van der Waals surface area contributed by atoms with Crippen LogP contribution in [-0.4, -0.2) is 30.6 Å². The van der Waals surface area contributed by atoms with Crippen molar-refractivity contribution in [3.8, 4) is 11.5 Å². The molecule has 2 aromatic rings. The summed E-state index contributed by atoms with van der Waals surface area (Å²) in [7, 11) is 0. The number of nitrogens with one attached hydrogen (secondary N) is 1. The lowest BCUT2D eigenvalue weighted by molar-refractivity contribution is 0.0954. The molecule has 0 aliphatic carbocycles. The highest BCUT2D eigenvalue weighted by atomic mass is 35.5. The van der Waals surface area contributed by atoms with Gasteiger partial charge in [-0.15, -0.1) is 12.4 Å². The molecule has 1 amide bonds. The second-order valence-corrected chi connectivity index (χ2v) is 5.08. The van der Waals surface area contributed by atoms with Gasteiger partial charge in [0.1, 0.15) is 0 Å². The van der Waals surface area contributed by atoms with Crippen molar-refractivity contribution in [3.05, 3.63) is 53.9 Å². The number of benzene rings is 1. The Kier molecular flexibility index (Phi) is 6.23. The van der Waals surface area contributed by atoms with E-state index in [0.29, 0.717) is 25.3 Å². The van der Waals surface area contributed by atoms with Crippen molar-refractivity contribution in [2.24, 2.45) is 0 Å². The molecule has 0 atom stereocenters. The molecule has 2 heterocycles. The molecule has 1 aliphatic heterocycles. The lowest BCUT2D eigenvalue weighted by Gasteiger charge is -2.10. The van der Waals surface area contributed by atoms with Crippen LogP contribution < -0.4 is 14.8 Å². The van der Waals surface area contributed by atoms with Gasteiger partial charge in [0, 0.05) is 25.4 Å². The zero-order valence-corrected chi connectivity index (χ0v) is 13.5. The highest BCUT2D eigenvalue weighted by molar-refractivity contribution is 5.93. The first kappa shape index (κ1) is 17.1. The van der Waals surface area contributed by atoms with Crippen LogP contribution in [0.1, 0.15) is 22.3 Å². The summed E-state index contributed by atoms with van der Waals surface area (Å²) in [5.74, 6) is 1.47. The zero-order valence-electron chi connectivity index (χ0n) is 12.7. The van der Waals surface area contributed by atoms with Gasteiger partial charge in [-0.05, 0) is 36.2 Å². The zero-order chi connectivity index (χ0) is 15.2. The number of halogens is 1. The maximum atomic E-state index is 11.9. The van der Waals surface area contributed by atoms with Crippen LogP contribution in [0.2, 0.25) is 0 Å². The van der Waals surface area contributed by atoms with Gasteiger partial charge in [-0.25, -0.2) is 0 Å². The number of hydrogen-bond donors (Lipinski definition) is 1. The molecule has 1 aromatic heterocycles. The molecule has 3 rings (SSSR count). The van der Waals surface area contributed by atoms with Gasteiger partial charge in [0.15, 0.2) is 11.5 Å². The Balaban J connectivity index is 0.00000192. The van der Waals surface area contributed by atoms with E-state index in [0.717, 1.165) is 29.9 Å². The van der Waals surface area contributed by atoms with Crippen molar-refractivity contribution in [1.82, 2.24) is 10.3 Å². The molecule has 0 unspecified atom stereocenters. The van der Waals surface area contributed by atoms with E-state index in [1.807, 2.05) is 18.2 Å². The first-order valence-corrected chi connectivity index (χ1v) is 7.40. The average Bonchev–Trinajstić information content (AvgIpc) is 2.80. The van der Waals surface area contributed by atoms with Gasteiger partial charge in [-0.1, -0.05) is 6.07 Å². The minimum Gasteiger partial charge on any atom is -0.490 e. The third kappa shape index (κ3) is 4.60. The van der Waals surface area contributed by atoms with Gasteiger partial charge in [-0.2, -0.15) is 0 Å². The topological polar surface area (TPSA) is 60.5 Å². The fraction of sp³-hybridized carbons (Fsp3) is 0.294. The normalized spacial score (nSPS) is 12.7. The van der Waals surface area contributed by atoms with Crippen LogP contribution in [0.3, 0.4) is 0 Å². The van der Waals surface area contributed by atoms with Crippen molar-refractivity contribution >= 4 is 18.3 Å². The summed E-state index contributed by atoms with van der Waals surface area (Å²) >= 11 is 0. The Labute approximate surface area is 141 Å². The first-order valence-electron chi connectivity index (χ1n) is 7.40. The van der Waals surface area contributed by atoms with E-state index in [9.17, 15) is 4.79 Å². The molecule has 1 N–H and O–H groups in total. The van der Waals surface area contributed by atoms with Gasteiger partial charge < -0.3 is 14.8 Å². The smallest absolute Gasteiger partial charge is 0.252 e. The lowest BCUT2D eigenvalue weighted by Crippen LogP contribution is -2.25. The van der Waals surface area contributed by atoms with Crippen LogP contribution >= 0.6 is 12.4 Å². The first-order chi connectivity index (χ1) is 10.8. The van der Waals surface area contributed by atoms with E-state index in [1.165, 1.54) is 0 Å². The molecule has 23 heavy (non-hydrogen) atoms. The largest absolute Gasteiger partial charge is 0.490 e. The number of carbonyl (C=O) groups is 1. The summed E-state index contributed by atoms with van der Waals surface area (Å²) in [4.78, 5) is 15.9. The highest BCUT2D eigenvalue weighted by Crippen LogP contribution is 2.30. The van der Waals surface area contributed by atoms with E-state index in [2.05, 4.69) is 10.3 Å². The molecule has 0 saturated carbocycles. The van der Waals surface area contributed by atoms with E-state index >= 15 is 0 Å². The van der Waals surface area contributed by atoms with E-state index in [4.69, 9.17) is 9.47 Å². The number of nitrogens with zero attached hydrogens (tertiary/aromatic N) is 1. The number of pyridine rings is 1. The Bertz CT molecular complexity index is 650. The number of carbonyl (C=O) groups excluding carboxylic acids is 1. The molecule has 0 bridgehead atoms. The summed E-state index contributed by atoms with van der Waals surface area (Å²) in [5, 5.41) is 2.89. The Morgan fingerprint density at radius 3 is 2.78 bits per heavy atom. The maximum absolute atomic E-state index is 11.9. The Morgan fingerprint density at radius 1 is 1.17 bits per heavy atom. The molecule has 1 aromatic carbocycles. The van der Waals surface area contributed by atoms with Crippen molar-refractivity contribution in [3.63, 3.8) is 0 Å². The SMILES string of the molecule is Cl.O=C(NCCc1ccc2c(c1)OCCCO2)c1cccnc1. The van der Waals surface area contributed by atoms with Gasteiger partial charge >= 0.3 is 0 Å². The molecule has 0 radical (unpaired) electrons. The van der Waals surface area contributed by atoms with Crippen molar-refractivity contribution in [1.29, 1.82) is 0 Å². The van der Waals surface area contributed by atoms with E-state index < -0.39 is 0 Å². The standard InChI is InChI=1S/C17H18N2O3.ClH/c20-17(14-3-1-7-18-12-14)19-8-6-13-4-5-15-16(11-13)22-10-2-9-21-15;/h1,3-5,7,11-12H,2,6,8-10H2,(H,19,20);1H. The molecule has 6 heteroatoms. The average molecular weight is 335 g/mol. The van der Waals surface area contributed by atoms with Gasteiger partial charge in [-0.3, -0.25) is 9.78 Å². The van der Waals surface area contributed by atoms with Crippen molar-refractivity contribution < 1.29 is 14.3 Å². The predicted molar refractivity (Wildman–Crippen MR) is 89.6 cm³/mol. The Hall–Kier alpha value is -2.27. The minimum atomic E-state index is -0.109. The summed E-state index contributed by atoms with van der Waals surface area (Å²) < 4.78 is 11.3. The highest BCUT2D eigenvalue weighted by Gasteiger charge is 2.11. The third-order valence-corrected chi connectivity index (χ3v) is 3.43. The summed E-state index contributed by atoms with van der Waals surface area (Å²) in [6.45, 7) is 1.93. The number of rotatable bonds is 4. The van der Waals surface area contributed by atoms with Crippen LogP contribution in [0, 0.1) is 0 Å². The lowest BCUT2D eigenvalue weighted by atomic mass is 10.1. The Morgan fingerprint density at radius 2 is 2.00 bits per heavy atom. The van der Waals surface area contributed by atoms with Crippen LogP contribution in [-0.2, 0) is 6.42 Å². The maximum Gasteiger partial charge on any atom is 0.252 e. The summed E-state index contributed by atoms with van der Waals surface area (Å²) in [6, 6.07) is 9.41. The second kappa shape index (κ2) is 8.39. The van der Waals surface area contributed by atoms with Crippen LogP contribution in [0.15, 0.2) is 42.7 Å². The monoisotopic (exact) mass is 334 g/mol. The minimum absolute atomic E-state index is 0. The van der Waals surface area contributed by atoms with Crippen LogP contribution in [0.5, 0.6) is 11.5 Å². The van der Waals surface area contributed by atoms with Crippen molar-refractivity contribution in [2.45, 2.75) is 12.8 Å². The number of fused-ring (bicyclic) bond motifs is 1. The molecule has 122 valence electrons. The van der Waals surface area contributed by atoms with Crippen LogP contribution in [0.4, 0.5) is 0 Å². The summed E-state index contributed by atoms with van der Waals surface area (Å²) in [5.41, 5.74) is 1.68. The molecule has 5 nitrogen and oxygen atoms in total. The number of aromatic nitrogens is 1. The van der Waals surface area contributed by atoms with Gasteiger partial charge in [0.2, 0.25) is 0 Å². The number of hydrogen-bond acceptors (Lipinski definition) is 4. The fourth-order valence-electron chi connectivity index (χ4n) is 2.28. The second-order valence-electron chi connectivity index (χ2n) is 5.08. The molecule has 1 aliphatic rings. The molecular formula is C17H19ClN2O3. The molecule has 0 saturated heterocycles. The molecule has 0 spiro atoms. The van der Waals surface area contributed by atoms with Gasteiger partial charge in [0.05, 0.1) is 18.8 Å². The van der Waals surface area contributed by atoms with Gasteiger partial charge in [0.25, 0.3) is 5.91 Å². The van der Waals surface area contributed by atoms with Crippen molar-refractivity contribution in [2.75, 3.05) is 19.8 Å². The summed E-state index contributed by atoms with van der Waals surface area (Å²) in [6.07, 6.45) is 4.84. The van der Waals surface area contributed by atoms with E-state index in [1.54, 1.807) is 24.5 Å². The number of amides is 1. The number of ether oxygens (including phenoxy) is 2. The quantitative estimate of drug-likeness (QED) is 0.933. The van der Waals surface area contributed by atoms with Crippen LogP contribution in [0.25, 0.3) is 0 Å². The molecule has 0 fully saturated rings. The third-order valence-electron chi connectivity index (χ3n) is 3.43.